The van der Waals surface area contributed by atoms with E-state index in [1.54, 1.807) is 0 Å². The maximum atomic E-state index is 12.1. The van der Waals surface area contributed by atoms with Crippen molar-refractivity contribution in [1.82, 2.24) is 5.32 Å². The number of rotatable bonds is 5. The number of ether oxygens (including phenoxy) is 1. The van der Waals surface area contributed by atoms with Crippen LogP contribution in [0.2, 0.25) is 0 Å². The molecule has 1 aliphatic carbocycles. The number of carbonyl (C=O) groups excluding carboxylic acids is 1. The molecule has 0 radical (unpaired) electrons. The van der Waals surface area contributed by atoms with Crippen molar-refractivity contribution < 1.29 is 9.53 Å². The molecule has 0 aromatic heterocycles. The van der Waals surface area contributed by atoms with Gasteiger partial charge in [-0.3, -0.25) is 4.79 Å². The molecule has 130 valence electrons. The molecule has 0 saturated heterocycles. The highest BCUT2D eigenvalue weighted by molar-refractivity contribution is 5.85. The third-order valence-electron chi connectivity index (χ3n) is 4.29. The first-order chi connectivity index (χ1) is 10.5. The third kappa shape index (κ3) is 6.04. The molecule has 0 atom stereocenters. The lowest BCUT2D eigenvalue weighted by Gasteiger charge is -2.26. The van der Waals surface area contributed by atoms with Crippen LogP contribution in [0, 0.1) is 6.92 Å². The summed E-state index contributed by atoms with van der Waals surface area (Å²) in [5.41, 5.74) is 8.16. The number of nitrogens with two attached hydrogens (primary N) is 1. The normalized spacial score (nSPS) is 20.7. The Labute approximate surface area is 145 Å². The topological polar surface area (TPSA) is 64.3 Å². The van der Waals surface area contributed by atoms with E-state index in [0.29, 0.717) is 12.0 Å². The Bertz CT molecular complexity index is 512. The van der Waals surface area contributed by atoms with Gasteiger partial charge in [0.1, 0.15) is 5.75 Å². The Kier molecular flexibility index (Phi) is 7.86. The van der Waals surface area contributed by atoms with E-state index in [4.69, 9.17) is 10.5 Å². The van der Waals surface area contributed by atoms with Crippen LogP contribution in [0.15, 0.2) is 18.2 Å². The fraction of sp³-hybridized carbons (Fsp3) is 0.611. The molecular weight excluding hydrogens is 312 g/mol. The molecular formula is C18H29ClN2O2. The number of hydrogen-bond donors (Lipinski definition) is 2. The molecule has 3 N–H and O–H groups in total. The number of amides is 1. The average Bonchev–Trinajstić information content (AvgIpc) is 2.47. The summed E-state index contributed by atoms with van der Waals surface area (Å²) in [6.07, 6.45) is 3.91. The zero-order valence-electron chi connectivity index (χ0n) is 14.3. The molecule has 1 aromatic carbocycles. The Morgan fingerprint density at radius 3 is 2.57 bits per heavy atom. The maximum absolute atomic E-state index is 12.1. The lowest BCUT2D eigenvalue weighted by molar-refractivity contribution is -0.124. The predicted octanol–water partition coefficient (Wildman–Crippen LogP) is 3.31. The number of hydrogen-bond acceptors (Lipinski definition) is 3. The SMILES string of the molecule is Cc1ccc(C(C)C)c(OCC(=O)NC2CCC(N)CC2)c1.Cl. The van der Waals surface area contributed by atoms with Gasteiger partial charge in [0.25, 0.3) is 5.91 Å². The van der Waals surface area contributed by atoms with Gasteiger partial charge in [0.2, 0.25) is 0 Å². The second-order valence-corrected chi connectivity index (χ2v) is 6.66. The molecule has 0 aliphatic heterocycles. The van der Waals surface area contributed by atoms with E-state index < -0.39 is 0 Å². The summed E-state index contributed by atoms with van der Waals surface area (Å²) < 4.78 is 5.77. The first kappa shape index (κ1) is 19.8. The highest BCUT2D eigenvalue weighted by atomic mass is 35.5. The molecule has 23 heavy (non-hydrogen) atoms. The van der Waals surface area contributed by atoms with Crippen LogP contribution < -0.4 is 15.8 Å². The second-order valence-electron chi connectivity index (χ2n) is 6.66. The van der Waals surface area contributed by atoms with E-state index in [-0.39, 0.29) is 31.0 Å². The summed E-state index contributed by atoms with van der Waals surface area (Å²) in [5, 5.41) is 3.05. The van der Waals surface area contributed by atoms with Crippen molar-refractivity contribution in [2.45, 2.75) is 64.5 Å². The monoisotopic (exact) mass is 340 g/mol. The molecule has 1 aliphatic rings. The standard InChI is InChI=1S/C18H28N2O2.ClH/c1-12(2)16-9-4-13(3)10-17(16)22-11-18(21)20-15-7-5-14(19)6-8-15;/h4,9-10,12,14-15H,5-8,11,19H2,1-3H3,(H,20,21);1H. The number of halogens is 1. The van der Waals surface area contributed by atoms with E-state index in [0.717, 1.165) is 42.6 Å². The summed E-state index contributed by atoms with van der Waals surface area (Å²) in [5.74, 6) is 1.14. The molecule has 1 fully saturated rings. The third-order valence-corrected chi connectivity index (χ3v) is 4.29. The van der Waals surface area contributed by atoms with Gasteiger partial charge in [0.15, 0.2) is 6.61 Å². The van der Waals surface area contributed by atoms with Gasteiger partial charge in [-0.05, 0) is 55.7 Å². The number of benzene rings is 1. The highest BCUT2D eigenvalue weighted by Gasteiger charge is 2.20. The average molecular weight is 341 g/mol. The van der Waals surface area contributed by atoms with Gasteiger partial charge in [-0.2, -0.15) is 0 Å². The number of nitrogens with one attached hydrogen (secondary N) is 1. The molecule has 2 rings (SSSR count). The first-order valence-corrected chi connectivity index (χ1v) is 8.24. The maximum Gasteiger partial charge on any atom is 0.258 e. The zero-order valence-corrected chi connectivity index (χ0v) is 15.1. The summed E-state index contributed by atoms with van der Waals surface area (Å²) in [6.45, 7) is 6.36. The van der Waals surface area contributed by atoms with Gasteiger partial charge in [0, 0.05) is 12.1 Å². The minimum absolute atomic E-state index is 0. The summed E-state index contributed by atoms with van der Waals surface area (Å²) in [7, 11) is 0. The zero-order chi connectivity index (χ0) is 16.1. The molecule has 4 nitrogen and oxygen atoms in total. The van der Waals surface area contributed by atoms with Crippen LogP contribution in [0.1, 0.15) is 56.6 Å². The van der Waals surface area contributed by atoms with Crippen LogP contribution in [0.4, 0.5) is 0 Å². The van der Waals surface area contributed by atoms with Crippen molar-refractivity contribution in [3.8, 4) is 5.75 Å². The summed E-state index contributed by atoms with van der Waals surface area (Å²) in [4.78, 5) is 12.1. The fourth-order valence-corrected chi connectivity index (χ4v) is 2.92. The van der Waals surface area contributed by atoms with Crippen molar-refractivity contribution in [2.24, 2.45) is 5.73 Å². The van der Waals surface area contributed by atoms with Crippen LogP contribution >= 0.6 is 12.4 Å². The van der Waals surface area contributed by atoms with E-state index in [1.165, 1.54) is 0 Å². The Hall–Kier alpha value is -1.26. The quantitative estimate of drug-likeness (QED) is 0.864. The Morgan fingerprint density at radius 2 is 1.96 bits per heavy atom. The summed E-state index contributed by atoms with van der Waals surface area (Å²) in [6, 6.07) is 6.70. The molecule has 0 spiro atoms. The minimum Gasteiger partial charge on any atom is -0.483 e. The van der Waals surface area contributed by atoms with Crippen LogP contribution in [0.25, 0.3) is 0 Å². The van der Waals surface area contributed by atoms with Gasteiger partial charge in [-0.15, -0.1) is 12.4 Å². The number of aryl methyl sites for hydroxylation is 1. The van der Waals surface area contributed by atoms with E-state index in [2.05, 4.69) is 31.3 Å². The first-order valence-electron chi connectivity index (χ1n) is 8.24. The smallest absolute Gasteiger partial charge is 0.258 e. The Balaban J connectivity index is 0.00000264. The predicted molar refractivity (Wildman–Crippen MR) is 96.4 cm³/mol. The van der Waals surface area contributed by atoms with E-state index in [9.17, 15) is 4.79 Å². The molecule has 0 heterocycles. The fourth-order valence-electron chi connectivity index (χ4n) is 2.92. The van der Waals surface area contributed by atoms with Gasteiger partial charge in [-0.25, -0.2) is 0 Å². The van der Waals surface area contributed by atoms with Gasteiger partial charge in [0.05, 0.1) is 0 Å². The van der Waals surface area contributed by atoms with Gasteiger partial charge >= 0.3 is 0 Å². The van der Waals surface area contributed by atoms with Crippen LogP contribution in [0.5, 0.6) is 5.75 Å². The van der Waals surface area contributed by atoms with Gasteiger partial charge < -0.3 is 15.8 Å². The van der Waals surface area contributed by atoms with E-state index in [1.807, 2.05) is 13.0 Å². The lowest BCUT2D eigenvalue weighted by atomic mass is 9.92. The lowest BCUT2D eigenvalue weighted by Crippen LogP contribution is -2.42. The van der Waals surface area contributed by atoms with Gasteiger partial charge in [-0.1, -0.05) is 26.0 Å². The molecule has 1 aromatic rings. The second kappa shape index (κ2) is 9.14. The van der Waals surface area contributed by atoms with Crippen molar-refractivity contribution in [2.75, 3.05) is 6.61 Å². The van der Waals surface area contributed by atoms with Crippen molar-refractivity contribution in [3.63, 3.8) is 0 Å². The van der Waals surface area contributed by atoms with Crippen molar-refractivity contribution >= 4 is 18.3 Å². The highest BCUT2D eigenvalue weighted by Crippen LogP contribution is 2.27. The molecule has 5 heteroatoms. The minimum atomic E-state index is -0.0447. The summed E-state index contributed by atoms with van der Waals surface area (Å²) >= 11 is 0. The van der Waals surface area contributed by atoms with Crippen molar-refractivity contribution in [1.29, 1.82) is 0 Å². The molecule has 0 unspecified atom stereocenters. The van der Waals surface area contributed by atoms with Crippen molar-refractivity contribution in [3.05, 3.63) is 29.3 Å². The van der Waals surface area contributed by atoms with E-state index >= 15 is 0 Å². The van der Waals surface area contributed by atoms with Crippen LogP contribution in [-0.4, -0.2) is 24.6 Å². The Morgan fingerprint density at radius 1 is 1.30 bits per heavy atom. The van der Waals surface area contributed by atoms with Crippen LogP contribution in [-0.2, 0) is 4.79 Å². The molecule has 1 saturated carbocycles. The largest absolute Gasteiger partial charge is 0.483 e. The molecule has 0 bridgehead atoms. The number of carbonyl (C=O) groups is 1. The van der Waals surface area contributed by atoms with Crippen LogP contribution in [0.3, 0.4) is 0 Å². The molecule has 1 amide bonds.